The monoisotopic (exact) mass is 509 g/mol. The van der Waals surface area contributed by atoms with E-state index in [0.717, 1.165) is 25.7 Å². The fourth-order valence-corrected chi connectivity index (χ4v) is 5.05. The predicted octanol–water partition coefficient (Wildman–Crippen LogP) is 11.5. The van der Waals surface area contributed by atoms with Crippen LogP contribution < -0.4 is 5.32 Å². The molecule has 1 unspecified atom stereocenters. The van der Waals surface area contributed by atoms with Crippen LogP contribution in [0.25, 0.3) is 0 Å². The molecule has 36 heavy (non-hydrogen) atoms. The van der Waals surface area contributed by atoms with E-state index in [-0.39, 0.29) is 12.1 Å². The molecule has 1 atom stereocenters. The number of alkyl carbamates (subject to hydrolysis) is 1. The van der Waals surface area contributed by atoms with Crippen LogP contribution in [-0.2, 0) is 4.74 Å². The molecule has 0 saturated carbocycles. The molecule has 0 fully saturated rings. The second-order valence-corrected chi connectivity index (χ2v) is 11.2. The second kappa shape index (κ2) is 30.5. The van der Waals surface area contributed by atoms with Gasteiger partial charge in [-0.3, -0.25) is 0 Å². The maximum absolute atomic E-state index is 12.3. The van der Waals surface area contributed by atoms with Crippen molar-refractivity contribution in [1.29, 1.82) is 0 Å². The van der Waals surface area contributed by atoms with E-state index < -0.39 is 0 Å². The van der Waals surface area contributed by atoms with Gasteiger partial charge in [0.15, 0.2) is 0 Å². The summed E-state index contributed by atoms with van der Waals surface area (Å²) < 4.78 is 5.51. The predicted molar refractivity (Wildman–Crippen MR) is 160 cm³/mol. The molecule has 3 nitrogen and oxygen atoms in total. The zero-order chi connectivity index (χ0) is 26.4. The van der Waals surface area contributed by atoms with E-state index in [4.69, 9.17) is 4.74 Å². The van der Waals surface area contributed by atoms with Crippen molar-refractivity contribution in [1.82, 2.24) is 5.32 Å². The lowest BCUT2D eigenvalue weighted by Gasteiger charge is -2.18. The number of amides is 1. The molecule has 0 spiro atoms. The second-order valence-electron chi connectivity index (χ2n) is 11.2. The lowest BCUT2D eigenvalue weighted by atomic mass is 10.0. The highest BCUT2D eigenvalue weighted by atomic mass is 16.5. The van der Waals surface area contributed by atoms with Crippen molar-refractivity contribution in [3.63, 3.8) is 0 Å². The Morgan fingerprint density at radius 1 is 0.556 bits per heavy atom. The molecule has 3 heteroatoms. The molecule has 0 aliphatic heterocycles. The van der Waals surface area contributed by atoms with Crippen LogP contribution in [0, 0.1) is 6.92 Å². The molecule has 0 heterocycles. The fraction of sp³-hybridized carbons (Fsp3) is 0.939. The first-order valence-corrected chi connectivity index (χ1v) is 16.5. The van der Waals surface area contributed by atoms with Crippen LogP contribution in [0.5, 0.6) is 0 Å². The SMILES string of the molecule is [CH2]CCCCCCCCCC(CCCCC)NC(=O)OCCCCCCCCCCCCCCCC. The summed E-state index contributed by atoms with van der Waals surface area (Å²) in [6.45, 7) is 9.01. The van der Waals surface area contributed by atoms with Crippen molar-refractivity contribution < 1.29 is 9.53 Å². The molecule has 0 aromatic heterocycles. The van der Waals surface area contributed by atoms with E-state index in [1.807, 2.05) is 0 Å². The van der Waals surface area contributed by atoms with Gasteiger partial charge >= 0.3 is 6.09 Å². The van der Waals surface area contributed by atoms with Gasteiger partial charge in [-0.15, -0.1) is 0 Å². The molecule has 0 aliphatic carbocycles. The van der Waals surface area contributed by atoms with Crippen molar-refractivity contribution in [3.8, 4) is 0 Å². The van der Waals surface area contributed by atoms with Crippen molar-refractivity contribution in [2.45, 2.75) is 193 Å². The van der Waals surface area contributed by atoms with Gasteiger partial charge in [0.2, 0.25) is 0 Å². The Kier molecular flexibility index (Phi) is 29.9. The molecule has 0 bridgehead atoms. The van der Waals surface area contributed by atoms with Crippen LogP contribution in [0.3, 0.4) is 0 Å². The normalized spacial score (nSPS) is 12.1. The number of carbonyl (C=O) groups is 1. The van der Waals surface area contributed by atoms with E-state index in [1.165, 1.54) is 148 Å². The summed E-state index contributed by atoms with van der Waals surface area (Å²) in [6, 6.07) is 0.284. The Labute approximate surface area is 227 Å². The molecular weight excluding hydrogens is 442 g/mol. The van der Waals surface area contributed by atoms with Gasteiger partial charge in [0.1, 0.15) is 0 Å². The number of carbonyl (C=O) groups excluding carboxylic acids is 1. The average molecular weight is 509 g/mol. The van der Waals surface area contributed by atoms with Crippen molar-refractivity contribution in [3.05, 3.63) is 6.92 Å². The van der Waals surface area contributed by atoms with E-state index in [2.05, 4.69) is 26.1 Å². The molecule has 1 amide bonds. The van der Waals surface area contributed by atoms with Crippen LogP contribution in [0.2, 0.25) is 0 Å². The third-order valence-electron chi connectivity index (χ3n) is 7.51. The quantitative estimate of drug-likeness (QED) is 0.102. The van der Waals surface area contributed by atoms with Crippen molar-refractivity contribution >= 4 is 6.09 Å². The molecule has 0 rings (SSSR count). The first-order chi connectivity index (χ1) is 17.7. The largest absolute Gasteiger partial charge is 0.450 e. The zero-order valence-corrected chi connectivity index (χ0v) is 24.9. The number of rotatable bonds is 29. The van der Waals surface area contributed by atoms with Gasteiger partial charge in [-0.2, -0.15) is 0 Å². The number of nitrogens with one attached hydrogen (secondary N) is 1. The molecular formula is C33H66NO2. The Morgan fingerprint density at radius 3 is 1.39 bits per heavy atom. The maximum Gasteiger partial charge on any atom is 0.407 e. The standard InChI is InChI=1S/C33H66NO2/c1-4-7-10-12-14-16-17-18-19-20-21-23-25-28-31-36-33(35)34-32(29-26-9-6-3)30-27-24-22-15-13-11-8-5-2/h32H,2,4-31H2,1,3H3,(H,34,35). The molecule has 0 aliphatic rings. The van der Waals surface area contributed by atoms with E-state index >= 15 is 0 Å². The molecule has 0 aromatic carbocycles. The first-order valence-electron chi connectivity index (χ1n) is 16.5. The van der Waals surface area contributed by atoms with Crippen LogP contribution in [-0.4, -0.2) is 18.7 Å². The van der Waals surface area contributed by atoms with Crippen LogP contribution >= 0.6 is 0 Å². The third kappa shape index (κ3) is 27.9. The summed E-state index contributed by atoms with van der Waals surface area (Å²) in [5.41, 5.74) is 0. The van der Waals surface area contributed by atoms with E-state index in [1.54, 1.807) is 0 Å². The van der Waals surface area contributed by atoms with Crippen molar-refractivity contribution in [2.75, 3.05) is 6.61 Å². The lowest BCUT2D eigenvalue weighted by Crippen LogP contribution is -2.35. The lowest BCUT2D eigenvalue weighted by molar-refractivity contribution is 0.138. The zero-order valence-electron chi connectivity index (χ0n) is 24.9. The molecule has 0 saturated heterocycles. The van der Waals surface area contributed by atoms with Gasteiger partial charge in [-0.1, -0.05) is 175 Å². The number of unbranched alkanes of at least 4 members (excludes halogenated alkanes) is 22. The molecule has 1 radical (unpaired) electrons. The Morgan fingerprint density at radius 2 is 0.917 bits per heavy atom. The maximum atomic E-state index is 12.3. The Bertz CT molecular complexity index is 426. The summed E-state index contributed by atoms with van der Waals surface area (Å²) in [5, 5.41) is 3.18. The minimum absolute atomic E-state index is 0.195. The van der Waals surface area contributed by atoms with Gasteiger partial charge in [0, 0.05) is 6.04 Å². The number of hydrogen-bond donors (Lipinski definition) is 1. The molecule has 1 N–H and O–H groups in total. The highest BCUT2D eigenvalue weighted by Crippen LogP contribution is 2.15. The van der Waals surface area contributed by atoms with Gasteiger partial charge in [0.25, 0.3) is 0 Å². The minimum atomic E-state index is -0.195. The Hall–Kier alpha value is -0.730. The highest BCUT2D eigenvalue weighted by molar-refractivity contribution is 5.67. The summed E-state index contributed by atoms with van der Waals surface area (Å²) in [4.78, 5) is 12.3. The molecule has 215 valence electrons. The number of hydrogen-bond acceptors (Lipinski definition) is 2. The smallest absolute Gasteiger partial charge is 0.407 e. The van der Waals surface area contributed by atoms with Gasteiger partial charge in [-0.05, 0) is 19.3 Å². The van der Waals surface area contributed by atoms with Crippen LogP contribution in [0.15, 0.2) is 0 Å². The average Bonchev–Trinajstić information content (AvgIpc) is 2.88. The first kappa shape index (κ1) is 35.3. The van der Waals surface area contributed by atoms with Crippen LogP contribution in [0.4, 0.5) is 4.79 Å². The van der Waals surface area contributed by atoms with E-state index in [0.29, 0.717) is 6.61 Å². The summed E-state index contributed by atoms with van der Waals surface area (Å²) in [7, 11) is 0. The third-order valence-corrected chi connectivity index (χ3v) is 7.51. The molecule has 0 aromatic rings. The van der Waals surface area contributed by atoms with Gasteiger partial charge in [0.05, 0.1) is 6.61 Å². The minimum Gasteiger partial charge on any atom is -0.450 e. The van der Waals surface area contributed by atoms with Crippen LogP contribution in [0.1, 0.15) is 187 Å². The topological polar surface area (TPSA) is 38.3 Å². The van der Waals surface area contributed by atoms with E-state index in [9.17, 15) is 4.79 Å². The number of ether oxygens (including phenoxy) is 1. The fourth-order valence-electron chi connectivity index (χ4n) is 5.05. The van der Waals surface area contributed by atoms with Crippen molar-refractivity contribution in [2.24, 2.45) is 0 Å². The highest BCUT2D eigenvalue weighted by Gasteiger charge is 2.12. The summed E-state index contributed by atoms with van der Waals surface area (Å²) in [6.07, 6.45) is 34.7. The Balaban J connectivity index is 3.66. The summed E-state index contributed by atoms with van der Waals surface area (Å²) in [5.74, 6) is 0. The van der Waals surface area contributed by atoms with Gasteiger partial charge in [-0.25, -0.2) is 4.79 Å². The van der Waals surface area contributed by atoms with Gasteiger partial charge < -0.3 is 10.1 Å². The summed E-state index contributed by atoms with van der Waals surface area (Å²) >= 11 is 0.